The van der Waals surface area contributed by atoms with E-state index < -0.39 is 0 Å². The van der Waals surface area contributed by atoms with Crippen LogP contribution in [0.5, 0.6) is 0 Å². The number of nitrogens with zero attached hydrogens (tertiary/aromatic N) is 6. The average molecular weight is 439 g/mol. The van der Waals surface area contributed by atoms with Gasteiger partial charge in [-0.25, -0.2) is 4.98 Å². The first-order valence-electron chi connectivity index (χ1n) is 11.3. The van der Waals surface area contributed by atoms with Crippen LogP contribution < -0.4 is 9.80 Å². The molecular formula is C26H26N6O. The Labute approximate surface area is 193 Å². The van der Waals surface area contributed by atoms with Gasteiger partial charge >= 0.3 is 0 Å². The molecule has 0 spiro atoms. The van der Waals surface area contributed by atoms with E-state index >= 15 is 0 Å². The minimum Gasteiger partial charge on any atom is -0.354 e. The van der Waals surface area contributed by atoms with Crippen LogP contribution in [0.4, 0.5) is 11.5 Å². The van der Waals surface area contributed by atoms with Crippen molar-refractivity contribution in [1.82, 2.24) is 19.7 Å². The molecule has 4 aromatic rings. The van der Waals surface area contributed by atoms with E-state index in [1.807, 2.05) is 76.3 Å². The second-order valence-electron chi connectivity index (χ2n) is 8.25. The number of para-hydroxylation sites is 1. The number of anilines is 2. The van der Waals surface area contributed by atoms with Crippen LogP contribution in [0.25, 0.3) is 5.82 Å². The van der Waals surface area contributed by atoms with Gasteiger partial charge in [0.2, 0.25) is 5.91 Å². The highest BCUT2D eigenvalue weighted by Gasteiger charge is 2.31. The highest BCUT2D eigenvalue weighted by Crippen LogP contribution is 2.26. The molecule has 0 radical (unpaired) electrons. The minimum absolute atomic E-state index is 0.0993. The first kappa shape index (κ1) is 20.9. The zero-order valence-corrected chi connectivity index (χ0v) is 18.4. The molecule has 1 aliphatic rings. The molecule has 33 heavy (non-hydrogen) atoms. The van der Waals surface area contributed by atoms with Crippen molar-refractivity contribution in [3.63, 3.8) is 0 Å². The number of piperidine rings is 1. The topological polar surface area (TPSA) is 67.2 Å². The summed E-state index contributed by atoms with van der Waals surface area (Å²) in [6.07, 6.45) is 7.06. The molecule has 3 heterocycles. The lowest BCUT2D eigenvalue weighted by molar-refractivity contribution is -0.122. The summed E-state index contributed by atoms with van der Waals surface area (Å²) in [7, 11) is 0. The monoisotopic (exact) mass is 438 g/mol. The third-order valence-electron chi connectivity index (χ3n) is 6.02. The zero-order valence-electron chi connectivity index (χ0n) is 18.4. The van der Waals surface area contributed by atoms with E-state index in [2.05, 4.69) is 32.2 Å². The molecule has 1 amide bonds. The summed E-state index contributed by atoms with van der Waals surface area (Å²) in [5.41, 5.74) is 2.04. The van der Waals surface area contributed by atoms with Crippen LogP contribution in [0.2, 0.25) is 0 Å². The molecule has 5 rings (SSSR count). The van der Waals surface area contributed by atoms with E-state index in [0.717, 1.165) is 42.3 Å². The van der Waals surface area contributed by atoms with Gasteiger partial charge in [0.15, 0.2) is 11.6 Å². The molecule has 7 nitrogen and oxygen atoms in total. The number of benzene rings is 2. The van der Waals surface area contributed by atoms with Gasteiger partial charge in [-0.05, 0) is 42.7 Å². The fourth-order valence-corrected chi connectivity index (χ4v) is 4.30. The van der Waals surface area contributed by atoms with Crippen LogP contribution in [-0.2, 0) is 11.3 Å². The van der Waals surface area contributed by atoms with E-state index in [9.17, 15) is 4.79 Å². The zero-order chi connectivity index (χ0) is 22.5. The van der Waals surface area contributed by atoms with Crippen molar-refractivity contribution in [3.05, 3.63) is 97.1 Å². The van der Waals surface area contributed by atoms with Gasteiger partial charge in [0.1, 0.15) is 6.33 Å². The fraction of sp³-hybridized carbons (Fsp3) is 0.231. The average Bonchev–Trinajstić information content (AvgIpc) is 3.43. The molecule has 2 aromatic carbocycles. The quantitative estimate of drug-likeness (QED) is 0.453. The van der Waals surface area contributed by atoms with E-state index in [0.29, 0.717) is 13.1 Å². The van der Waals surface area contributed by atoms with Crippen LogP contribution in [-0.4, -0.2) is 38.7 Å². The summed E-state index contributed by atoms with van der Waals surface area (Å²) >= 11 is 0. The molecule has 0 aliphatic carbocycles. The Morgan fingerprint density at radius 2 is 1.67 bits per heavy atom. The number of amides is 1. The molecule has 1 aliphatic heterocycles. The largest absolute Gasteiger partial charge is 0.354 e. The van der Waals surface area contributed by atoms with Gasteiger partial charge in [-0.3, -0.25) is 9.36 Å². The highest BCUT2D eigenvalue weighted by molar-refractivity contribution is 5.95. The van der Waals surface area contributed by atoms with Crippen molar-refractivity contribution in [2.24, 2.45) is 5.92 Å². The lowest BCUT2D eigenvalue weighted by Crippen LogP contribution is -2.45. The molecule has 1 fully saturated rings. The third kappa shape index (κ3) is 4.77. The first-order valence-corrected chi connectivity index (χ1v) is 11.3. The standard InChI is InChI=1S/C26H26N6O/c33-26(32(23-11-5-2-6-12-23)18-21-8-3-1-4-9-21)22-10-7-16-30(19-22)24-13-14-25(29-28-24)31-17-15-27-20-31/h1-6,8-9,11-15,17,20,22H,7,10,16,18-19H2. The number of carbonyl (C=O) groups is 1. The summed E-state index contributed by atoms with van der Waals surface area (Å²) in [6, 6.07) is 24.0. The number of hydrogen-bond donors (Lipinski definition) is 0. The maximum Gasteiger partial charge on any atom is 0.232 e. The smallest absolute Gasteiger partial charge is 0.232 e. The summed E-state index contributed by atoms with van der Waals surface area (Å²) in [5, 5.41) is 8.77. The fourth-order valence-electron chi connectivity index (χ4n) is 4.30. The van der Waals surface area contributed by atoms with Crippen molar-refractivity contribution in [3.8, 4) is 5.82 Å². The van der Waals surface area contributed by atoms with Gasteiger partial charge in [0.25, 0.3) is 0 Å². The normalized spacial score (nSPS) is 15.9. The lowest BCUT2D eigenvalue weighted by atomic mass is 9.96. The van der Waals surface area contributed by atoms with Crippen LogP contribution in [0.3, 0.4) is 0 Å². The number of rotatable bonds is 6. The van der Waals surface area contributed by atoms with Crippen molar-refractivity contribution < 1.29 is 4.79 Å². The van der Waals surface area contributed by atoms with Gasteiger partial charge in [0.05, 0.1) is 12.5 Å². The Balaban J connectivity index is 1.34. The third-order valence-corrected chi connectivity index (χ3v) is 6.02. The molecule has 1 saturated heterocycles. The Kier molecular flexibility index (Phi) is 6.10. The van der Waals surface area contributed by atoms with E-state index in [1.165, 1.54) is 0 Å². The maximum absolute atomic E-state index is 13.7. The molecule has 166 valence electrons. The van der Waals surface area contributed by atoms with Gasteiger partial charge in [0, 0.05) is 31.2 Å². The summed E-state index contributed by atoms with van der Waals surface area (Å²) in [6.45, 7) is 2.06. The van der Waals surface area contributed by atoms with Crippen molar-refractivity contribution in [1.29, 1.82) is 0 Å². The summed E-state index contributed by atoms with van der Waals surface area (Å²) in [5.74, 6) is 1.57. The van der Waals surface area contributed by atoms with Crippen LogP contribution >= 0.6 is 0 Å². The number of aromatic nitrogens is 4. The van der Waals surface area contributed by atoms with Crippen LogP contribution in [0.15, 0.2) is 91.5 Å². The predicted molar refractivity (Wildman–Crippen MR) is 128 cm³/mol. The van der Waals surface area contributed by atoms with Gasteiger partial charge in [-0.1, -0.05) is 48.5 Å². The number of carbonyl (C=O) groups excluding carboxylic acids is 1. The van der Waals surface area contributed by atoms with E-state index in [4.69, 9.17) is 0 Å². The lowest BCUT2D eigenvalue weighted by Gasteiger charge is -2.35. The van der Waals surface area contributed by atoms with Gasteiger partial charge in [-0.2, -0.15) is 0 Å². The summed E-state index contributed by atoms with van der Waals surface area (Å²) in [4.78, 5) is 21.9. The minimum atomic E-state index is -0.0993. The van der Waals surface area contributed by atoms with Crippen molar-refractivity contribution in [2.75, 3.05) is 22.9 Å². The van der Waals surface area contributed by atoms with Crippen molar-refractivity contribution in [2.45, 2.75) is 19.4 Å². The molecule has 0 saturated carbocycles. The molecular weight excluding hydrogens is 412 g/mol. The Morgan fingerprint density at radius 3 is 2.36 bits per heavy atom. The highest BCUT2D eigenvalue weighted by atomic mass is 16.2. The molecule has 1 atom stereocenters. The van der Waals surface area contributed by atoms with Gasteiger partial charge in [-0.15, -0.1) is 10.2 Å². The second kappa shape index (κ2) is 9.65. The molecule has 1 unspecified atom stereocenters. The molecule has 2 aromatic heterocycles. The summed E-state index contributed by atoms with van der Waals surface area (Å²) < 4.78 is 1.82. The predicted octanol–water partition coefficient (Wildman–Crippen LogP) is 4.11. The molecule has 7 heteroatoms. The maximum atomic E-state index is 13.7. The van der Waals surface area contributed by atoms with Gasteiger partial charge < -0.3 is 9.80 Å². The Bertz CT molecular complexity index is 1160. The second-order valence-corrected chi connectivity index (χ2v) is 8.25. The van der Waals surface area contributed by atoms with E-state index in [1.54, 1.807) is 12.5 Å². The Hall–Kier alpha value is -4.00. The number of imidazole rings is 1. The number of hydrogen-bond acceptors (Lipinski definition) is 5. The van der Waals surface area contributed by atoms with Crippen LogP contribution in [0.1, 0.15) is 18.4 Å². The van der Waals surface area contributed by atoms with Crippen molar-refractivity contribution >= 4 is 17.4 Å². The SMILES string of the molecule is O=C(C1CCCN(c2ccc(-n3ccnc3)nn2)C1)N(Cc1ccccc1)c1ccccc1. The Morgan fingerprint density at radius 1 is 0.939 bits per heavy atom. The van der Waals surface area contributed by atoms with E-state index in [-0.39, 0.29) is 11.8 Å². The molecule has 0 N–H and O–H groups in total. The molecule has 0 bridgehead atoms. The van der Waals surface area contributed by atoms with Crippen LogP contribution in [0, 0.1) is 5.92 Å². The first-order chi connectivity index (χ1) is 16.3.